The first-order chi connectivity index (χ1) is 13.8. The molecule has 3 aliphatic rings. The monoisotopic (exact) mass is 407 g/mol. The van der Waals surface area contributed by atoms with Gasteiger partial charge in [-0.25, -0.2) is 4.79 Å². The smallest absolute Gasteiger partial charge is 0.410 e. The average Bonchev–Trinajstić information content (AvgIpc) is 2.72. The van der Waals surface area contributed by atoms with E-state index in [0.29, 0.717) is 13.1 Å². The maximum atomic E-state index is 12.9. The van der Waals surface area contributed by atoms with Crippen molar-refractivity contribution >= 4 is 12.0 Å². The molecule has 0 unspecified atom stereocenters. The lowest BCUT2D eigenvalue weighted by Gasteiger charge is -2.48. The van der Waals surface area contributed by atoms with Crippen molar-refractivity contribution in [3.8, 4) is 0 Å². The number of rotatable bonds is 4. The lowest BCUT2D eigenvalue weighted by atomic mass is 9.79. The van der Waals surface area contributed by atoms with Gasteiger partial charge in [-0.3, -0.25) is 9.69 Å². The molecule has 1 saturated carbocycles. The van der Waals surface area contributed by atoms with E-state index in [9.17, 15) is 9.59 Å². The van der Waals surface area contributed by atoms with Gasteiger partial charge in [0, 0.05) is 31.1 Å². The summed E-state index contributed by atoms with van der Waals surface area (Å²) >= 11 is 0. The molecular weight excluding hydrogens is 366 g/mol. The molecule has 0 radical (unpaired) electrons. The maximum absolute atomic E-state index is 12.9. The van der Waals surface area contributed by atoms with E-state index in [2.05, 4.69) is 10.2 Å². The molecule has 3 fully saturated rings. The zero-order chi connectivity index (χ0) is 20.9. The fourth-order valence-electron chi connectivity index (χ4n) is 5.23. The van der Waals surface area contributed by atoms with Gasteiger partial charge in [-0.05, 0) is 72.4 Å². The van der Waals surface area contributed by atoms with E-state index in [1.54, 1.807) is 4.90 Å². The molecule has 0 aromatic carbocycles. The van der Waals surface area contributed by atoms with Gasteiger partial charge in [0.1, 0.15) is 5.60 Å². The minimum absolute atomic E-state index is 0.00989. The molecule has 6 nitrogen and oxygen atoms in total. The highest BCUT2D eigenvalue weighted by Crippen LogP contribution is 2.35. The summed E-state index contributed by atoms with van der Waals surface area (Å²) in [5, 5.41) is 3.33. The molecule has 2 aliphatic heterocycles. The fourth-order valence-corrected chi connectivity index (χ4v) is 5.23. The molecule has 29 heavy (non-hydrogen) atoms. The van der Waals surface area contributed by atoms with Crippen LogP contribution in [0.3, 0.4) is 0 Å². The number of hydrogen-bond donors (Lipinski definition) is 1. The van der Waals surface area contributed by atoms with E-state index >= 15 is 0 Å². The largest absolute Gasteiger partial charge is 0.444 e. The molecule has 2 heterocycles. The number of carbonyl (C=O) groups excluding carboxylic acids is 2. The Morgan fingerprint density at radius 2 is 1.52 bits per heavy atom. The Kier molecular flexibility index (Phi) is 7.47. The van der Waals surface area contributed by atoms with Gasteiger partial charge in [-0.15, -0.1) is 0 Å². The van der Waals surface area contributed by atoms with Crippen LogP contribution in [-0.4, -0.2) is 65.7 Å². The summed E-state index contributed by atoms with van der Waals surface area (Å²) in [6, 6.07) is 0. The number of nitrogens with zero attached hydrogens (tertiary/aromatic N) is 2. The van der Waals surface area contributed by atoms with Gasteiger partial charge < -0.3 is 15.0 Å². The second-order valence-corrected chi connectivity index (χ2v) is 10.3. The van der Waals surface area contributed by atoms with Crippen molar-refractivity contribution in [2.24, 2.45) is 5.92 Å². The average molecular weight is 408 g/mol. The highest BCUT2D eigenvalue weighted by atomic mass is 16.6. The van der Waals surface area contributed by atoms with E-state index in [1.807, 2.05) is 20.8 Å². The SMILES string of the molecule is CC(C)(C)OC(=O)N1CCC(C(=O)NCC2(N3CCCCC3)CCCCC2)CC1. The summed E-state index contributed by atoms with van der Waals surface area (Å²) in [6.45, 7) is 10.0. The number of hydrogen-bond acceptors (Lipinski definition) is 4. The van der Waals surface area contributed by atoms with Crippen LogP contribution in [0.2, 0.25) is 0 Å². The number of nitrogens with one attached hydrogen (secondary N) is 1. The molecule has 0 aromatic heterocycles. The summed E-state index contributed by atoms with van der Waals surface area (Å²) in [5.74, 6) is 0.187. The minimum atomic E-state index is -0.478. The van der Waals surface area contributed by atoms with E-state index < -0.39 is 5.60 Å². The van der Waals surface area contributed by atoms with Crippen molar-refractivity contribution in [1.29, 1.82) is 0 Å². The van der Waals surface area contributed by atoms with Gasteiger partial charge in [0.2, 0.25) is 5.91 Å². The van der Waals surface area contributed by atoms with Crippen molar-refractivity contribution in [1.82, 2.24) is 15.1 Å². The molecule has 6 heteroatoms. The first-order valence-electron chi connectivity index (χ1n) is 11.8. The molecule has 1 aliphatic carbocycles. The molecular formula is C23H41N3O3. The van der Waals surface area contributed by atoms with E-state index in [4.69, 9.17) is 4.74 Å². The highest BCUT2D eigenvalue weighted by Gasteiger charge is 2.39. The van der Waals surface area contributed by atoms with Crippen molar-refractivity contribution in [3.63, 3.8) is 0 Å². The molecule has 0 bridgehead atoms. The Balaban J connectivity index is 1.49. The number of amides is 2. The van der Waals surface area contributed by atoms with Crippen LogP contribution in [-0.2, 0) is 9.53 Å². The third kappa shape index (κ3) is 6.09. The topological polar surface area (TPSA) is 61.9 Å². The quantitative estimate of drug-likeness (QED) is 0.767. The Morgan fingerprint density at radius 1 is 0.931 bits per heavy atom. The highest BCUT2D eigenvalue weighted by molar-refractivity contribution is 5.79. The first kappa shape index (κ1) is 22.4. The first-order valence-corrected chi connectivity index (χ1v) is 11.8. The van der Waals surface area contributed by atoms with Crippen molar-refractivity contribution < 1.29 is 14.3 Å². The maximum Gasteiger partial charge on any atom is 0.410 e. The van der Waals surface area contributed by atoms with Gasteiger partial charge in [-0.1, -0.05) is 25.7 Å². The summed E-state index contributed by atoms with van der Waals surface area (Å²) < 4.78 is 5.46. The Labute approximate surface area is 176 Å². The van der Waals surface area contributed by atoms with Gasteiger partial charge in [0.15, 0.2) is 0 Å². The predicted molar refractivity (Wildman–Crippen MR) is 115 cm³/mol. The third-order valence-corrected chi connectivity index (χ3v) is 6.92. The summed E-state index contributed by atoms with van der Waals surface area (Å²) in [6.07, 6.45) is 11.4. The molecule has 2 amide bonds. The number of likely N-dealkylation sites (tertiary alicyclic amines) is 2. The van der Waals surface area contributed by atoms with Gasteiger partial charge in [-0.2, -0.15) is 0 Å². The Morgan fingerprint density at radius 3 is 2.10 bits per heavy atom. The van der Waals surface area contributed by atoms with E-state index in [-0.39, 0.29) is 23.5 Å². The van der Waals surface area contributed by atoms with Crippen LogP contribution in [0.15, 0.2) is 0 Å². The van der Waals surface area contributed by atoms with Crippen molar-refractivity contribution in [3.05, 3.63) is 0 Å². The zero-order valence-corrected chi connectivity index (χ0v) is 18.8. The van der Waals surface area contributed by atoms with E-state index in [1.165, 1.54) is 64.5 Å². The number of carbonyl (C=O) groups is 2. The lowest BCUT2D eigenvalue weighted by molar-refractivity contribution is -0.127. The van der Waals surface area contributed by atoms with Crippen LogP contribution in [0.25, 0.3) is 0 Å². The van der Waals surface area contributed by atoms with Gasteiger partial charge >= 0.3 is 6.09 Å². The van der Waals surface area contributed by atoms with Crippen LogP contribution in [0.4, 0.5) is 4.79 Å². The van der Waals surface area contributed by atoms with Crippen LogP contribution in [0.5, 0.6) is 0 Å². The fraction of sp³-hybridized carbons (Fsp3) is 0.913. The van der Waals surface area contributed by atoms with E-state index in [0.717, 1.165) is 19.4 Å². The molecule has 2 saturated heterocycles. The Bertz CT molecular complexity index is 552. The Hall–Kier alpha value is -1.30. The van der Waals surface area contributed by atoms with Crippen LogP contribution in [0.1, 0.15) is 85.0 Å². The standard InChI is InChI=1S/C23H41N3O3/c1-22(2,3)29-21(28)25-16-10-19(11-17-25)20(27)24-18-23(12-6-4-7-13-23)26-14-8-5-9-15-26/h19H,4-18H2,1-3H3,(H,24,27). The molecule has 166 valence electrons. The van der Waals surface area contributed by atoms with Gasteiger partial charge in [0.05, 0.1) is 0 Å². The van der Waals surface area contributed by atoms with Crippen molar-refractivity contribution in [2.75, 3.05) is 32.7 Å². The third-order valence-electron chi connectivity index (χ3n) is 6.92. The molecule has 0 spiro atoms. The molecule has 1 N–H and O–H groups in total. The minimum Gasteiger partial charge on any atom is -0.444 e. The summed E-state index contributed by atoms with van der Waals surface area (Å²) in [5.41, 5.74) is -0.306. The molecule has 3 rings (SSSR count). The summed E-state index contributed by atoms with van der Waals surface area (Å²) in [4.78, 5) is 29.6. The lowest BCUT2D eigenvalue weighted by Crippen LogP contribution is -2.58. The number of piperidine rings is 2. The summed E-state index contributed by atoms with van der Waals surface area (Å²) in [7, 11) is 0. The van der Waals surface area contributed by atoms with Crippen LogP contribution >= 0.6 is 0 Å². The second-order valence-electron chi connectivity index (χ2n) is 10.3. The van der Waals surface area contributed by atoms with Gasteiger partial charge in [0.25, 0.3) is 0 Å². The zero-order valence-electron chi connectivity index (χ0n) is 18.8. The van der Waals surface area contributed by atoms with Crippen LogP contribution < -0.4 is 5.32 Å². The normalized spacial score (nSPS) is 24.2. The predicted octanol–water partition coefficient (Wildman–Crippen LogP) is 3.94. The second kappa shape index (κ2) is 9.67. The number of ether oxygens (including phenoxy) is 1. The van der Waals surface area contributed by atoms with Crippen molar-refractivity contribution in [2.45, 2.75) is 96.1 Å². The van der Waals surface area contributed by atoms with Crippen LogP contribution in [0, 0.1) is 5.92 Å². The molecule has 0 atom stereocenters. The molecule has 0 aromatic rings.